The van der Waals surface area contributed by atoms with Crippen LogP contribution in [-0.4, -0.2) is 27.7 Å². The molecule has 0 radical (unpaired) electrons. The number of rotatable bonds is 1. The molecule has 0 atom stereocenters. The fraction of sp³-hybridized carbons (Fsp3) is 0.667. The number of nitrogens with zero attached hydrogens (tertiary/aromatic N) is 1. The van der Waals surface area contributed by atoms with E-state index in [-0.39, 0.29) is 11.8 Å². The molecule has 1 aliphatic heterocycles. The first-order chi connectivity index (χ1) is 4.75. The van der Waals surface area contributed by atoms with Crippen LogP contribution < -0.4 is 0 Å². The average molecular weight is 253 g/mol. The van der Waals surface area contributed by atoms with Gasteiger partial charge in [0.15, 0.2) is 0 Å². The first-order valence-electron chi connectivity index (χ1n) is 3.15. The predicted molar refractivity (Wildman–Crippen MR) is 44.8 cm³/mol. The van der Waals surface area contributed by atoms with E-state index in [1.807, 2.05) is 22.6 Å². The summed E-state index contributed by atoms with van der Waals surface area (Å²) in [7, 11) is 0. The average Bonchev–Trinajstić information content (AvgIpc) is 2.34. The molecule has 10 heavy (non-hydrogen) atoms. The molecule has 56 valence electrons. The Kier molecular flexibility index (Phi) is 2.64. The topological polar surface area (TPSA) is 37.4 Å². The third kappa shape index (κ3) is 1.47. The van der Waals surface area contributed by atoms with Crippen LogP contribution in [0.4, 0.5) is 0 Å². The maximum atomic E-state index is 10.9. The molecule has 1 aliphatic rings. The van der Waals surface area contributed by atoms with E-state index in [0.717, 1.165) is 6.42 Å². The highest BCUT2D eigenvalue weighted by atomic mass is 127. The number of hydrogen-bond acceptors (Lipinski definition) is 2. The van der Waals surface area contributed by atoms with Crippen LogP contribution in [0.2, 0.25) is 0 Å². The number of likely N-dealkylation sites (tertiary alicyclic amines) is 1. The van der Waals surface area contributed by atoms with Gasteiger partial charge in [-0.3, -0.25) is 14.5 Å². The monoisotopic (exact) mass is 253 g/mol. The molecule has 0 aromatic carbocycles. The molecular formula is C6H8INO2. The van der Waals surface area contributed by atoms with E-state index in [0.29, 0.717) is 17.4 Å². The van der Waals surface area contributed by atoms with Crippen LogP contribution in [-0.2, 0) is 9.59 Å². The van der Waals surface area contributed by atoms with Crippen molar-refractivity contribution in [2.75, 3.05) is 11.0 Å². The Labute approximate surface area is 72.9 Å². The van der Waals surface area contributed by atoms with Gasteiger partial charge in [-0.2, -0.15) is 0 Å². The Bertz CT molecular complexity index is 169. The number of halogens is 1. The maximum absolute atomic E-state index is 10.9. The number of carbonyl (C=O) groups excluding carboxylic acids is 2. The summed E-state index contributed by atoms with van der Waals surface area (Å²) in [6.07, 6.45) is 1.38. The standard InChI is InChI=1S/C6H8INO2/c7-4-6(10)8-3-1-2-5(8)9/h1-4H2. The lowest BCUT2D eigenvalue weighted by molar-refractivity contribution is -0.139. The smallest absolute Gasteiger partial charge is 0.238 e. The van der Waals surface area contributed by atoms with Crippen molar-refractivity contribution in [3.8, 4) is 0 Å². The molecule has 1 fully saturated rings. The van der Waals surface area contributed by atoms with Gasteiger partial charge < -0.3 is 0 Å². The number of alkyl halides is 1. The van der Waals surface area contributed by atoms with Crippen LogP contribution in [0.25, 0.3) is 0 Å². The lowest BCUT2D eigenvalue weighted by Gasteiger charge is -2.10. The lowest BCUT2D eigenvalue weighted by atomic mass is 10.4. The quantitative estimate of drug-likeness (QED) is 0.506. The Hall–Kier alpha value is -0.130. The molecule has 0 saturated carbocycles. The molecule has 0 unspecified atom stereocenters. The second-order valence-electron chi connectivity index (χ2n) is 2.18. The summed E-state index contributed by atoms with van der Waals surface area (Å²) < 4.78 is 0.406. The van der Waals surface area contributed by atoms with Gasteiger partial charge >= 0.3 is 0 Å². The maximum Gasteiger partial charge on any atom is 0.238 e. The summed E-state index contributed by atoms with van der Waals surface area (Å²) in [6, 6.07) is 0. The summed E-state index contributed by atoms with van der Waals surface area (Å²) in [4.78, 5) is 23.1. The second kappa shape index (κ2) is 3.32. The summed E-state index contributed by atoms with van der Waals surface area (Å²) in [5, 5.41) is 0. The van der Waals surface area contributed by atoms with E-state index < -0.39 is 0 Å². The molecule has 1 saturated heterocycles. The molecule has 3 nitrogen and oxygen atoms in total. The highest BCUT2D eigenvalue weighted by Crippen LogP contribution is 2.10. The zero-order valence-electron chi connectivity index (χ0n) is 5.47. The fourth-order valence-corrected chi connectivity index (χ4v) is 1.40. The van der Waals surface area contributed by atoms with Crippen LogP contribution in [0.15, 0.2) is 0 Å². The van der Waals surface area contributed by atoms with Crippen molar-refractivity contribution in [2.45, 2.75) is 12.8 Å². The van der Waals surface area contributed by atoms with E-state index in [4.69, 9.17) is 0 Å². The molecule has 0 N–H and O–H groups in total. The van der Waals surface area contributed by atoms with Crippen LogP contribution in [0, 0.1) is 0 Å². The van der Waals surface area contributed by atoms with Crippen LogP contribution >= 0.6 is 22.6 Å². The van der Waals surface area contributed by atoms with Crippen molar-refractivity contribution in [1.82, 2.24) is 4.90 Å². The molecule has 0 bridgehead atoms. The largest absolute Gasteiger partial charge is 0.282 e. The molecule has 0 aromatic heterocycles. The number of carbonyl (C=O) groups is 2. The van der Waals surface area contributed by atoms with Gasteiger partial charge in [-0.25, -0.2) is 0 Å². The summed E-state index contributed by atoms with van der Waals surface area (Å²) >= 11 is 1.97. The van der Waals surface area contributed by atoms with Gasteiger partial charge in [-0.05, 0) is 6.42 Å². The SMILES string of the molecule is O=C(CI)N1CCCC1=O. The van der Waals surface area contributed by atoms with E-state index in [9.17, 15) is 9.59 Å². The molecule has 1 rings (SSSR count). The van der Waals surface area contributed by atoms with E-state index >= 15 is 0 Å². The molecular weight excluding hydrogens is 245 g/mol. The molecule has 1 heterocycles. The molecule has 2 amide bonds. The second-order valence-corrected chi connectivity index (χ2v) is 2.94. The third-order valence-corrected chi connectivity index (χ3v) is 2.14. The molecule has 0 aromatic rings. The van der Waals surface area contributed by atoms with Crippen molar-refractivity contribution in [1.29, 1.82) is 0 Å². The highest BCUT2D eigenvalue weighted by Gasteiger charge is 2.24. The van der Waals surface area contributed by atoms with Crippen LogP contribution in [0.5, 0.6) is 0 Å². The van der Waals surface area contributed by atoms with Crippen molar-refractivity contribution >= 4 is 34.4 Å². The van der Waals surface area contributed by atoms with Gasteiger partial charge in [0.25, 0.3) is 0 Å². The Balaban J connectivity index is 2.55. The molecule has 0 spiro atoms. The van der Waals surface area contributed by atoms with Gasteiger partial charge in [0, 0.05) is 13.0 Å². The van der Waals surface area contributed by atoms with Crippen LogP contribution in [0.3, 0.4) is 0 Å². The van der Waals surface area contributed by atoms with Crippen molar-refractivity contribution in [3.05, 3.63) is 0 Å². The molecule has 0 aliphatic carbocycles. The van der Waals surface area contributed by atoms with E-state index in [1.54, 1.807) is 0 Å². The van der Waals surface area contributed by atoms with E-state index in [1.165, 1.54) is 4.90 Å². The van der Waals surface area contributed by atoms with E-state index in [2.05, 4.69) is 0 Å². The van der Waals surface area contributed by atoms with Gasteiger partial charge in [-0.15, -0.1) is 0 Å². The Morgan fingerprint density at radius 2 is 2.40 bits per heavy atom. The summed E-state index contributed by atoms with van der Waals surface area (Å²) in [5.41, 5.74) is 0. The van der Waals surface area contributed by atoms with Gasteiger partial charge in [0.05, 0.1) is 4.43 Å². The summed E-state index contributed by atoms with van der Waals surface area (Å²) in [6.45, 7) is 0.626. The lowest BCUT2D eigenvalue weighted by Crippen LogP contribution is -2.32. The first kappa shape index (κ1) is 7.97. The van der Waals surface area contributed by atoms with Crippen molar-refractivity contribution in [2.24, 2.45) is 0 Å². The van der Waals surface area contributed by atoms with Gasteiger partial charge in [0.1, 0.15) is 0 Å². The normalized spacial score (nSPS) is 18.1. The highest BCUT2D eigenvalue weighted by molar-refractivity contribution is 14.1. The van der Waals surface area contributed by atoms with Crippen molar-refractivity contribution in [3.63, 3.8) is 0 Å². The number of imide groups is 1. The number of hydrogen-bond donors (Lipinski definition) is 0. The predicted octanol–water partition coefficient (Wildman–Crippen LogP) is 0.570. The van der Waals surface area contributed by atoms with Gasteiger partial charge in [-0.1, -0.05) is 22.6 Å². The minimum atomic E-state index is -0.0527. The van der Waals surface area contributed by atoms with Crippen molar-refractivity contribution < 1.29 is 9.59 Å². The number of amides is 2. The van der Waals surface area contributed by atoms with Gasteiger partial charge in [0.2, 0.25) is 11.8 Å². The minimum Gasteiger partial charge on any atom is -0.282 e. The Morgan fingerprint density at radius 1 is 1.70 bits per heavy atom. The summed E-state index contributed by atoms with van der Waals surface area (Å²) in [5.74, 6) is -0.0650. The zero-order chi connectivity index (χ0) is 7.56. The zero-order valence-corrected chi connectivity index (χ0v) is 7.63. The first-order valence-corrected chi connectivity index (χ1v) is 4.67. The fourth-order valence-electron chi connectivity index (χ4n) is 0.984. The third-order valence-electron chi connectivity index (χ3n) is 1.49. The molecule has 4 heteroatoms. The minimum absolute atomic E-state index is 0.0123. The van der Waals surface area contributed by atoms with Crippen LogP contribution in [0.1, 0.15) is 12.8 Å². The Morgan fingerprint density at radius 3 is 2.80 bits per heavy atom.